The van der Waals surface area contributed by atoms with Crippen LogP contribution in [0.1, 0.15) is 80.1 Å². The maximum Gasteiger partial charge on any atom is 0.457 e. The van der Waals surface area contributed by atoms with Gasteiger partial charge in [0.2, 0.25) is 0 Å². The topological polar surface area (TPSA) is 85.3 Å². The van der Waals surface area contributed by atoms with Crippen molar-refractivity contribution in [2.24, 2.45) is 40.9 Å². The Hall–Kier alpha value is -1.28. The number of carbonyl (C=O) groups is 2. The Balaban J connectivity index is 1.22. The van der Waals surface area contributed by atoms with E-state index in [4.69, 9.17) is 14.0 Å². The quantitative estimate of drug-likeness (QED) is 0.524. The maximum absolute atomic E-state index is 13.0. The van der Waals surface area contributed by atoms with Crippen LogP contribution in [0.5, 0.6) is 0 Å². The van der Waals surface area contributed by atoms with Crippen LogP contribution in [0.25, 0.3) is 0 Å². The Morgan fingerprint density at radius 1 is 1.14 bits per heavy atom. The molecule has 8 heteroatoms. The smallest absolute Gasteiger partial charge is 0.457 e. The maximum atomic E-state index is 13.0. The van der Waals surface area contributed by atoms with Gasteiger partial charge in [0.15, 0.2) is 0 Å². The summed E-state index contributed by atoms with van der Waals surface area (Å²) in [6.45, 7) is 12.9. The SMILES string of the molecule is CC1CC([C@H]2CN(C(=O)OC(C)(C)C)C(C(=O)O)C2CCCB2OC3CC4CC(C3O2)C4(C)C)C1. The number of nitrogens with zero attached hydrogens (tertiary/aromatic N) is 1. The Morgan fingerprint density at radius 2 is 1.86 bits per heavy atom. The molecule has 4 aliphatic carbocycles. The van der Waals surface area contributed by atoms with Gasteiger partial charge in [-0.1, -0.05) is 27.2 Å². The van der Waals surface area contributed by atoms with Gasteiger partial charge in [-0.2, -0.15) is 0 Å². The van der Waals surface area contributed by atoms with Crippen LogP contribution >= 0.6 is 0 Å². The van der Waals surface area contributed by atoms with E-state index in [1.165, 1.54) is 11.3 Å². The number of likely N-dealkylation sites (tertiary alicyclic amines) is 1. The Kier molecular flexibility index (Phi) is 6.48. The van der Waals surface area contributed by atoms with Crippen LogP contribution in [0.2, 0.25) is 6.32 Å². The van der Waals surface area contributed by atoms with Crippen molar-refractivity contribution in [3.63, 3.8) is 0 Å². The van der Waals surface area contributed by atoms with Gasteiger partial charge in [-0.05, 0) is 100 Å². The molecule has 2 heterocycles. The van der Waals surface area contributed by atoms with Crippen molar-refractivity contribution in [3.8, 4) is 0 Å². The average Bonchev–Trinajstić information content (AvgIpc) is 3.31. The number of amides is 1. The highest BCUT2D eigenvalue weighted by Crippen LogP contribution is 2.61. The fourth-order valence-corrected chi connectivity index (χ4v) is 8.01. The summed E-state index contributed by atoms with van der Waals surface area (Å²) in [7, 11) is -0.186. The van der Waals surface area contributed by atoms with Crippen LogP contribution in [0, 0.1) is 40.9 Å². The summed E-state index contributed by atoms with van der Waals surface area (Å²) < 4.78 is 18.3. The van der Waals surface area contributed by atoms with Gasteiger partial charge in [0, 0.05) is 6.54 Å². The third-order valence-corrected chi connectivity index (χ3v) is 10.0. The summed E-state index contributed by atoms with van der Waals surface area (Å²) in [4.78, 5) is 26.9. The van der Waals surface area contributed by atoms with E-state index in [1.54, 1.807) is 0 Å². The monoisotopic (exact) mass is 489 g/mol. The molecule has 0 aromatic carbocycles. The van der Waals surface area contributed by atoms with Crippen molar-refractivity contribution >= 4 is 19.2 Å². The van der Waals surface area contributed by atoms with E-state index in [0.29, 0.717) is 29.7 Å². The van der Waals surface area contributed by atoms with Crippen LogP contribution in [0.3, 0.4) is 0 Å². The first-order chi connectivity index (χ1) is 16.3. The van der Waals surface area contributed by atoms with Gasteiger partial charge >= 0.3 is 19.2 Å². The van der Waals surface area contributed by atoms with Gasteiger partial charge in [-0.25, -0.2) is 9.59 Å². The first kappa shape index (κ1) is 25.4. The molecule has 2 saturated heterocycles. The van der Waals surface area contributed by atoms with E-state index in [-0.39, 0.29) is 31.2 Å². The number of carboxylic acids is 1. The molecular formula is C27H44BNO6. The number of hydrogen-bond acceptors (Lipinski definition) is 5. The summed E-state index contributed by atoms with van der Waals surface area (Å²) in [6, 6.07) is -0.827. The molecule has 6 rings (SSSR count). The molecule has 7 nitrogen and oxygen atoms in total. The highest BCUT2D eigenvalue weighted by atomic mass is 16.7. The predicted molar refractivity (Wildman–Crippen MR) is 133 cm³/mol. The normalized spacial score (nSPS) is 41.7. The van der Waals surface area contributed by atoms with Gasteiger partial charge < -0.3 is 19.2 Å². The third-order valence-electron chi connectivity index (χ3n) is 10.0. The zero-order valence-corrected chi connectivity index (χ0v) is 22.4. The number of carboxylic acid groups (broad SMARTS) is 1. The first-order valence-electron chi connectivity index (χ1n) is 13.9. The van der Waals surface area contributed by atoms with Crippen molar-refractivity contribution in [2.45, 2.75) is 110 Å². The molecule has 2 bridgehead atoms. The molecule has 1 amide bonds. The van der Waals surface area contributed by atoms with Crippen LogP contribution in [0.4, 0.5) is 4.79 Å². The predicted octanol–water partition coefficient (Wildman–Crippen LogP) is 5.09. The van der Waals surface area contributed by atoms with E-state index >= 15 is 0 Å². The highest BCUT2D eigenvalue weighted by Gasteiger charge is 2.62. The molecule has 0 radical (unpaired) electrons. The number of rotatable bonds is 6. The number of aliphatic carboxylic acids is 1. The lowest BCUT2D eigenvalue weighted by Crippen LogP contribution is -2.59. The van der Waals surface area contributed by atoms with Gasteiger partial charge in [-0.3, -0.25) is 4.90 Å². The lowest BCUT2D eigenvalue weighted by Gasteiger charge is -2.60. The standard InChI is InChI=1S/C27H44BNO6/c1-15-10-16(11-15)19-14-29(25(32)33-26(2,3)4)22(24(30)31)18(19)8-7-9-28-34-21-13-17-12-20(23(21)35-28)27(17,5)6/h15-23H,7-14H2,1-6H3,(H,30,31)/t15?,16?,17?,18?,19-,20?,21?,22?,23?/m1/s1. The van der Waals surface area contributed by atoms with Crippen LogP contribution in [-0.4, -0.2) is 59.6 Å². The third kappa shape index (κ3) is 4.63. The summed E-state index contributed by atoms with van der Waals surface area (Å²) in [5.74, 6) is 1.73. The molecule has 0 aromatic heterocycles. The van der Waals surface area contributed by atoms with Crippen molar-refractivity contribution in [2.75, 3.05) is 6.54 Å². The first-order valence-corrected chi connectivity index (χ1v) is 13.9. The van der Waals surface area contributed by atoms with Crippen LogP contribution in [0.15, 0.2) is 0 Å². The molecule has 196 valence electrons. The van der Waals surface area contributed by atoms with Crippen molar-refractivity contribution in [3.05, 3.63) is 0 Å². The van der Waals surface area contributed by atoms with Gasteiger partial charge in [0.05, 0.1) is 12.2 Å². The second-order valence-corrected chi connectivity index (χ2v) is 13.8. The van der Waals surface area contributed by atoms with E-state index in [0.717, 1.165) is 44.3 Å². The van der Waals surface area contributed by atoms with Gasteiger partial charge in [0.25, 0.3) is 0 Å². The number of hydrogen-bond donors (Lipinski definition) is 1. The lowest BCUT2D eigenvalue weighted by molar-refractivity contribution is -0.150. The molecule has 6 unspecified atom stereocenters. The Bertz CT molecular complexity index is 836. The fourth-order valence-electron chi connectivity index (χ4n) is 8.01. The molecule has 6 fully saturated rings. The highest BCUT2D eigenvalue weighted by molar-refractivity contribution is 6.45. The largest absolute Gasteiger partial charge is 0.480 e. The van der Waals surface area contributed by atoms with Crippen LogP contribution < -0.4 is 0 Å². The molecule has 4 saturated carbocycles. The molecule has 0 spiro atoms. The van der Waals surface area contributed by atoms with Crippen molar-refractivity contribution < 1.29 is 28.7 Å². The lowest BCUT2D eigenvalue weighted by atomic mass is 9.47. The average molecular weight is 489 g/mol. The molecular weight excluding hydrogens is 445 g/mol. The Morgan fingerprint density at radius 3 is 2.46 bits per heavy atom. The van der Waals surface area contributed by atoms with Crippen molar-refractivity contribution in [1.82, 2.24) is 4.90 Å². The van der Waals surface area contributed by atoms with E-state index < -0.39 is 23.7 Å². The second-order valence-electron chi connectivity index (χ2n) is 13.8. The van der Waals surface area contributed by atoms with E-state index in [2.05, 4.69) is 20.8 Å². The summed E-state index contributed by atoms with van der Waals surface area (Å²) in [6.07, 6.45) is 6.92. The summed E-state index contributed by atoms with van der Waals surface area (Å²) >= 11 is 0. The van der Waals surface area contributed by atoms with E-state index in [9.17, 15) is 14.7 Å². The second kappa shape index (κ2) is 8.93. The fraction of sp³-hybridized carbons (Fsp3) is 0.926. The number of ether oxygens (including phenoxy) is 1. The molecule has 6 aliphatic rings. The van der Waals surface area contributed by atoms with Crippen LogP contribution in [-0.2, 0) is 18.8 Å². The molecule has 35 heavy (non-hydrogen) atoms. The molecule has 2 aliphatic heterocycles. The molecule has 7 atom stereocenters. The van der Waals surface area contributed by atoms with E-state index in [1.807, 2.05) is 20.8 Å². The zero-order chi connectivity index (χ0) is 25.3. The van der Waals surface area contributed by atoms with Gasteiger partial charge in [0.1, 0.15) is 11.6 Å². The Labute approximate surface area is 210 Å². The summed E-state index contributed by atoms with van der Waals surface area (Å²) in [5.41, 5.74) is -0.294. The summed E-state index contributed by atoms with van der Waals surface area (Å²) in [5, 5.41) is 10.2. The van der Waals surface area contributed by atoms with Crippen molar-refractivity contribution in [1.29, 1.82) is 0 Å². The molecule has 0 aromatic rings. The minimum atomic E-state index is -0.919. The minimum Gasteiger partial charge on any atom is -0.480 e. The zero-order valence-electron chi connectivity index (χ0n) is 22.4. The number of carbonyl (C=O) groups excluding carboxylic acids is 1. The minimum absolute atomic E-state index is 0.0621. The van der Waals surface area contributed by atoms with Gasteiger partial charge in [-0.15, -0.1) is 0 Å². The molecule has 1 N–H and O–H groups in total.